The number of nitrogens with zero attached hydrogens (tertiary/aromatic N) is 3. The average Bonchev–Trinajstić information content (AvgIpc) is 3.05. The minimum absolute atomic E-state index is 0.180. The largest absolute Gasteiger partial charge is 0.345 e. The molecule has 1 unspecified atom stereocenters. The van der Waals surface area contributed by atoms with E-state index in [9.17, 15) is 4.79 Å². The van der Waals surface area contributed by atoms with E-state index in [-0.39, 0.29) is 17.9 Å². The van der Waals surface area contributed by atoms with Gasteiger partial charge in [-0.15, -0.1) is 0 Å². The number of pyridine rings is 1. The van der Waals surface area contributed by atoms with Crippen molar-refractivity contribution in [3.8, 4) is 6.07 Å². The van der Waals surface area contributed by atoms with Gasteiger partial charge in [-0.3, -0.25) is 4.79 Å². The van der Waals surface area contributed by atoms with E-state index in [1.165, 1.54) is 6.20 Å². The highest BCUT2D eigenvalue weighted by atomic mass is 16.5. The predicted octanol–water partition coefficient (Wildman–Crippen LogP) is 3.71. The van der Waals surface area contributed by atoms with Gasteiger partial charge in [0, 0.05) is 6.20 Å². The van der Waals surface area contributed by atoms with Gasteiger partial charge in [-0.1, -0.05) is 31.1 Å². The Morgan fingerprint density at radius 2 is 1.96 bits per heavy atom. The van der Waals surface area contributed by atoms with E-state index in [0.717, 1.165) is 16.6 Å². The molecule has 0 saturated carbocycles. The lowest BCUT2D eigenvalue weighted by molar-refractivity contribution is 0.0939. The lowest BCUT2D eigenvalue weighted by atomic mass is 10.0. The molecule has 0 aliphatic rings. The number of fused-ring (bicyclic) bond motifs is 1. The molecule has 3 rings (SSSR count). The van der Waals surface area contributed by atoms with Gasteiger partial charge in [-0.05, 0) is 36.6 Å². The molecule has 2 aromatic heterocycles. The summed E-state index contributed by atoms with van der Waals surface area (Å²) >= 11 is 0. The molecular weight excluding hydrogens is 316 g/mol. The van der Waals surface area contributed by atoms with Crippen LogP contribution in [0.5, 0.6) is 0 Å². The van der Waals surface area contributed by atoms with Gasteiger partial charge < -0.3 is 9.84 Å². The zero-order chi connectivity index (χ0) is 18.0. The van der Waals surface area contributed by atoms with Crippen LogP contribution < -0.4 is 5.32 Å². The Bertz CT molecular complexity index is 952. The molecular formula is C19H18N4O2. The fraction of sp³-hybridized carbons (Fsp3) is 0.263. The van der Waals surface area contributed by atoms with Crippen LogP contribution in [0.4, 0.5) is 0 Å². The van der Waals surface area contributed by atoms with E-state index in [4.69, 9.17) is 9.78 Å². The molecule has 0 aliphatic heterocycles. The molecule has 0 aliphatic carbocycles. The number of hydrogen-bond donors (Lipinski definition) is 1. The van der Waals surface area contributed by atoms with Crippen LogP contribution in [-0.4, -0.2) is 16.0 Å². The van der Waals surface area contributed by atoms with Crippen LogP contribution >= 0.6 is 0 Å². The molecule has 6 nitrogen and oxygen atoms in total. The van der Waals surface area contributed by atoms with Gasteiger partial charge in [0.25, 0.3) is 11.6 Å². The lowest BCUT2D eigenvalue weighted by Gasteiger charge is -2.14. The summed E-state index contributed by atoms with van der Waals surface area (Å²) in [5.74, 6) is -0.0406. The zero-order valence-corrected chi connectivity index (χ0v) is 14.3. The lowest BCUT2D eigenvalue weighted by Crippen LogP contribution is -2.26. The molecule has 0 bridgehead atoms. The first-order valence-electron chi connectivity index (χ1n) is 8.06. The van der Waals surface area contributed by atoms with Gasteiger partial charge in [-0.2, -0.15) is 5.26 Å². The summed E-state index contributed by atoms with van der Waals surface area (Å²) in [5.41, 5.74) is 3.19. The Labute approximate surface area is 145 Å². The van der Waals surface area contributed by atoms with Crippen molar-refractivity contribution in [2.75, 3.05) is 0 Å². The maximum Gasteiger partial charge on any atom is 0.257 e. The summed E-state index contributed by atoms with van der Waals surface area (Å²) in [4.78, 5) is 16.7. The summed E-state index contributed by atoms with van der Waals surface area (Å²) in [6, 6.07) is 10.8. The minimum Gasteiger partial charge on any atom is -0.345 e. The monoisotopic (exact) mass is 334 g/mol. The van der Waals surface area contributed by atoms with Crippen molar-refractivity contribution in [3.63, 3.8) is 0 Å². The molecule has 0 fully saturated rings. The number of nitrogens with one attached hydrogen (secondary N) is 1. The van der Waals surface area contributed by atoms with Crippen molar-refractivity contribution in [2.45, 2.75) is 32.7 Å². The second-order valence-electron chi connectivity index (χ2n) is 6.23. The molecule has 6 heteroatoms. The summed E-state index contributed by atoms with van der Waals surface area (Å²) < 4.78 is 5.20. The van der Waals surface area contributed by atoms with Crippen molar-refractivity contribution >= 4 is 17.0 Å². The van der Waals surface area contributed by atoms with Crippen LogP contribution in [0.1, 0.15) is 59.9 Å². The van der Waals surface area contributed by atoms with Crippen LogP contribution in [-0.2, 0) is 0 Å². The SMILES string of the molecule is CC(C)c1noc2ncc(C(=O)NC(C)c3ccc(C#N)cc3)cc12. The van der Waals surface area contributed by atoms with Crippen molar-refractivity contribution < 1.29 is 9.32 Å². The Hall–Kier alpha value is -3.20. The Balaban J connectivity index is 1.81. The Morgan fingerprint density at radius 3 is 2.60 bits per heavy atom. The number of benzene rings is 1. The minimum atomic E-state index is -0.220. The molecule has 126 valence electrons. The molecule has 0 radical (unpaired) electrons. The first-order valence-corrected chi connectivity index (χ1v) is 8.06. The number of hydrogen-bond acceptors (Lipinski definition) is 5. The second-order valence-corrected chi connectivity index (χ2v) is 6.23. The van der Waals surface area contributed by atoms with Crippen LogP contribution in [0.25, 0.3) is 11.1 Å². The number of amides is 1. The number of aromatic nitrogens is 2. The maximum atomic E-state index is 12.5. The predicted molar refractivity (Wildman–Crippen MR) is 92.9 cm³/mol. The van der Waals surface area contributed by atoms with Crippen LogP contribution in [0.3, 0.4) is 0 Å². The van der Waals surface area contributed by atoms with Crippen LogP contribution in [0.15, 0.2) is 41.1 Å². The first-order chi connectivity index (χ1) is 12.0. The third-order valence-corrected chi connectivity index (χ3v) is 4.05. The van der Waals surface area contributed by atoms with Crippen molar-refractivity contribution in [1.29, 1.82) is 5.26 Å². The molecule has 1 atom stereocenters. The van der Waals surface area contributed by atoms with Crippen LogP contribution in [0, 0.1) is 11.3 Å². The standard InChI is InChI=1S/C19H18N4O2/c1-11(2)17-16-8-15(10-21-19(16)25-23-17)18(24)22-12(3)14-6-4-13(9-20)5-7-14/h4-8,10-12H,1-3H3,(H,22,24). The summed E-state index contributed by atoms with van der Waals surface area (Å²) in [6.07, 6.45) is 1.48. The molecule has 1 aromatic carbocycles. The maximum absolute atomic E-state index is 12.5. The number of rotatable bonds is 4. The number of nitriles is 1. The summed E-state index contributed by atoms with van der Waals surface area (Å²) in [6.45, 7) is 5.91. The molecule has 0 spiro atoms. The van der Waals surface area contributed by atoms with Crippen molar-refractivity contribution in [1.82, 2.24) is 15.5 Å². The molecule has 1 amide bonds. The van der Waals surface area contributed by atoms with Gasteiger partial charge in [0.15, 0.2) is 0 Å². The molecule has 1 N–H and O–H groups in total. The first kappa shape index (κ1) is 16.7. The van der Waals surface area contributed by atoms with Gasteiger partial charge >= 0.3 is 0 Å². The fourth-order valence-corrected chi connectivity index (χ4v) is 2.60. The van der Waals surface area contributed by atoms with Gasteiger partial charge in [-0.25, -0.2) is 4.98 Å². The Kier molecular flexibility index (Phi) is 4.48. The summed E-state index contributed by atoms with van der Waals surface area (Å²) in [5, 5.41) is 16.6. The number of carbonyl (C=O) groups excluding carboxylic acids is 1. The topological polar surface area (TPSA) is 91.8 Å². The quantitative estimate of drug-likeness (QED) is 0.785. The van der Waals surface area contributed by atoms with Crippen molar-refractivity contribution in [3.05, 3.63) is 58.9 Å². The highest BCUT2D eigenvalue weighted by Crippen LogP contribution is 2.24. The normalized spacial score (nSPS) is 12.1. The summed E-state index contributed by atoms with van der Waals surface area (Å²) in [7, 11) is 0. The molecule has 25 heavy (non-hydrogen) atoms. The van der Waals surface area contributed by atoms with Gasteiger partial charge in [0.2, 0.25) is 0 Å². The molecule has 3 aromatic rings. The van der Waals surface area contributed by atoms with Crippen molar-refractivity contribution in [2.24, 2.45) is 0 Å². The van der Waals surface area contributed by atoms with E-state index in [1.807, 2.05) is 32.9 Å². The number of carbonyl (C=O) groups is 1. The van der Waals surface area contributed by atoms with E-state index >= 15 is 0 Å². The highest BCUT2D eigenvalue weighted by molar-refractivity contribution is 5.97. The second kappa shape index (κ2) is 6.73. The van der Waals surface area contributed by atoms with Gasteiger partial charge in [0.05, 0.1) is 34.3 Å². The molecule has 0 saturated heterocycles. The fourth-order valence-electron chi connectivity index (χ4n) is 2.60. The Morgan fingerprint density at radius 1 is 1.24 bits per heavy atom. The van der Waals surface area contributed by atoms with E-state index < -0.39 is 0 Å². The highest BCUT2D eigenvalue weighted by Gasteiger charge is 2.17. The van der Waals surface area contributed by atoms with E-state index in [1.54, 1.807) is 18.2 Å². The van der Waals surface area contributed by atoms with E-state index in [2.05, 4.69) is 21.5 Å². The van der Waals surface area contributed by atoms with Gasteiger partial charge in [0.1, 0.15) is 0 Å². The third-order valence-electron chi connectivity index (χ3n) is 4.05. The van der Waals surface area contributed by atoms with Crippen LogP contribution in [0.2, 0.25) is 0 Å². The third kappa shape index (κ3) is 3.36. The molecule has 2 heterocycles. The average molecular weight is 334 g/mol. The van der Waals surface area contributed by atoms with E-state index in [0.29, 0.717) is 16.8 Å². The zero-order valence-electron chi connectivity index (χ0n) is 14.3. The smallest absolute Gasteiger partial charge is 0.257 e.